The molecule has 3 heterocycles. The van der Waals surface area contributed by atoms with Crippen LogP contribution in [0.15, 0.2) is 6.20 Å². The van der Waals surface area contributed by atoms with Gasteiger partial charge in [0.15, 0.2) is 5.69 Å². The van der Waals surface area contributed by atoms with Crippen molar-refractivity contribution >= 4 is 5.97 Å². The van der Waals surface area contributed by atoms with Crippen LogP contribution in [0.2, 0.25) is 0 Å². The lowest BCUT2D eigenvalue weighted by atomic mass is 10.0. The molecule has 1 aromatic rings. The maximum Gasteiger partial charge on any atom is 0.356 e. The van der Waals surface area contributed by atoms with E-state index in [-0.39, 0.29) is 11.7 Å². The molecule has 25 heavy (non-hydrogen) atoms. The van der Waals surface area contributed by atoms with Crippen LogP contribution in [0.3, 0.4) is 0 Å². The fraction of sp³-hybridized carbons (Fsp3) is 0.778. The molecular formula is C18H29N3O4. The van der Waals surface area contributed by atoms with Gasteiger partial charge in [-0.05, 0) is 25.2 Å². The minimum absolute atomic E-state index is 0.182. The standard InChI is InChI=1S/C18H29N3O4/c1-13(2)9-16-12-25-8-5-20(16)10-14-11-21(19-17(14)18(22)23)15-3-6-24-7-4-15/h11,13,15-16H,3-10,12H2,1-2H3,(H,22,23). The van der Waals surface area contributed by atoms with Gasteiger partial charge in [0.25, 0.3) is 0 Å². The molecule has 0 spiro atoms. The first-order valence-electron chi connectivity index (χ1n) is 9.25. The lowest BCUT2D eigenvalue weighted by Gasteiger charge is -2.36. The highest BCUT2D eigenvalue weighted by molar-refractivity contribution is 5.86. The number of nitrogens with zero attached hydrogens (tertiary/aromatic N) is 3. The normalized spacial score (nSPS) is 23.2. The molecule has 2 fully saturated rings. The van der Waals surface area contributed by atoms with Crippen molar-refractivity contribution < 1.29 is 19.4 Å². The zero-order valence-corrected chi connectivity index (χ0v) is 15.2. The van der Waals surface area contributed by atoms with Gasteiger partial charge < -0.3 is 14.6 Å². The van der Waals surface area contributed by atoms with Crippen LogP contribution in [0.1, 0.15) is 55.2 Å². The summed E-state index contributed by atoms with van der Waals surface area (Å²) in [6, 6.07) is 0.568. The Balaban J connectivity index is 1.77. The maximum atomic E-state index is 11.7. The number of rotatable bonds is 6. The summed E-state index contributed by atoms with van der Waals surface area (Å²) in [5.74, 6) is -0.368. The van der Waals surface area contributed by atoms with Gasteiger partial charge in [-0.1, -0.05) is 13.8 Å². The molecule has 2 saturated heterocycles. The zero-order valence-electron chi connectivity index (χ0n) is 15.2. The van der Waals surface area contributed by atoms with Crippen LogP contribution >= 0.6 is 0 Å². The highest BCUT2D eigenvalue weighted by Gasteiger charge is 2.28. The van der Waals surface area contributed by atoms with E-state index in [0.29, 0.717) is 44.9 Å². The molecule has 0 aromatic carbocycles. The Hall–Kier alpha value is -1.44. The van der Waals surface area contributed by atoms with Gasteiger partial charge in [-0.3, -0.25) is 9.58 Å². The van der Waals surface area contributed by atoms with E-state index >= 15 is 0 Å². The predicted molar refractivity (Wildman–Crippen MR) is 92.7 cm³/mol. The molecule has 1 N–H and O–H groups in total. The molecule has 7 nitrogen and oxygen atoms in total. The van der Waals surface area contributed by atoms with E-state index in [1.165, 1.54) is 0 Å². The Bertz CT molecular complexity index is 581. The topological polar surface area (TPSA) is 76.8 Å². The van der Waals surface area contributed by atoms with Crippen molar-refractivity contribution in [2.75, 3.05) is 33.0 Å². The first kappa shape index (κ1) is 18.4. The summed E-state index contributed by atoms with van der Waals surface area (Å²) >= 11 is 0. The third-order valence-corrected chi connectivity index (χ3v) is 5.04. The van der Waals surface area contributed by atoms with E-state index in [4.69, 9.17) is 9.47 Å². The summed E-state index contributed by atoms with van der Waals surface area (Å²) in [7, 11) is 0. The van der Waals surface area contributed by atoms with Crippen LogP contribution in [0.5, 0.6) is 0 Å². The van der Waals surface area contributed by atoms with Crippen molar-refractivity contribution in [3.63, 3.8) is 0 Å². The number of carboxylic acid groups (broad SMARTS) is 1. The van der Waals surface area contributed by atoms with Crippen LogP contribution in [-0.4, -0.2) is 64.8 Å². The van der Waals surface area contributed by atoms with E-state index in [1.807, 2.05) is 10.9 Å². The summed E-state index contributed by atoms with van der Waals surface area (Å²) < 4.78 is 12.9. The van der Waals surface area contributed by atoms with E-state index in [0.717, 1.165) is 31.4 Å². The van der Waals surface area contributed by atoms with Crippen LogP contribution in [-0.2, 0) is 16.0 Å². The summed E-state index contributed by atoms with van der Waals surface area (Å²) in [5.41, 5.74) is 0.982. The average molecular weight is 351 g/mol. The second-order valence-electron chi connectivity index (χ2n) is 7.46. The minimum atomic E-state index is -0.950. The molecule has 2 aliphatic heterocycles. The quantitative estimate of drug-likeness (QED) is 0.846. The Morgan fingerprint density at radius 1 is 1.32 bits per heavy atom. The molecule has 0 saturated carbocycles. The van der Waals surface area contributed by atoms with Gasteiger partial charge >= 0.3 is 5.97 Å². The van der Waals surface area contributed by atoms with Crippen LogP contribution in [0.4, 0.5) is 0 Å². The summed E-state index contributed by atoms with van der Waals surface area (Å²) in [5, 5.41) is 14.0. The van der Waals surface area contributed by atoms with Gasteiger partial charge in [-0.25, -0.2) is 4.79 Å². The number of carbonyl (C=O) groups is 1. The molecule has 0 radical (unpaired) electrons. The number of aromatic nitrogens is 2. The van der Waals surface area contributed by atoms with Gasteiger partial charge in [0, 0.05) is 44.1 Å². The first-order valence-corrected chi connectivity index (χ1v) is 9.25. The molecule has 1 atom stereocenters. The third kappa shape index (κ3) is 4.59. The van der Waals surface area contributed by atoms with Crippen molar-refractivity contribution in [3.05, 3.63) is 17.5 Å². The minimum Gasteiger partial charge on any atom is -0.476 e. The summed E-state index contributed by atoms with van der Waals surface area (Å²) in [6.45, 7) is 8.70. The number of aromatic carboxylic acids is 1. The highest BCUT2D eigenvalue weighted by Crippen LogP contribution is 2.24. The number of hydrogen-bond donors (Lipinski definition) is 1. The smallest absolute Gasteiger partial charge is 0.356 e. The molecule has 0 bridgehead atoms. The first-order chi connectivity index (χ1) is 12.0. The summed E-state index contributed by atoms with van der Waals surface area (Å²) in [6.07, 6.45) is 4.75. The summed E-state index contributed by atoms with van der Waals surface area (Å²) in [4.78, 5) is 14.0. The van der Waals surface area contributed by atoms with Gasteiger partial charge in [-0.2, -0.15) is 5.10 Å². The number of hydrogen-bond acceptors (Lipinski definition) is 5. The zero-order chi connectivity index (χ0) is 17.8. The van der Waals surface area contributed by atoms with Crippen LogP contribution in [0, 0.1) is 5.92 Å². The van der Waals surface area contributed by atoms with Gasteiger partial charge in [-0.15, -0.1) is 0 Å². The van der Waals surface area contributed by atoms with Crippen molar-refractivity contribution in [1.82, 2.24) is 14.7 Å². The lowest BCUT2D eigenvalue weighted by molar-refractivity contribution is -0.0187. The highest BCUT2D eigenvalue weighted by atomic mass is 16.5. The van der Waals surface area contributed by atoms with Gasteiger partial charge in [0.1, 0.15) is 0 Å². The Labute approximate surface area is 148 Å². The Morgan fingerprint density at radius 2 is 2.08 bits per heavy atom. The Morgan fingerprint density at radius 3 is 2.76 bits per heavy atom. The number of morpholine rings is 1. The van der Waals surface area contributed by atoms with Crippen molar-refractivity contribution in [2.24, 2.45) is 5.92 Å². The monoisotopic (exact) mass is 351 g/mol. The lowest BCUT2D eigenvalue weighted by Crippen LogP contribution is -2.45. The molecule has 1 unspecified atom stereocenters. The molecule has 1 aromatic heterocycles. The second kappa shape index (κ2) is 8.29. The van der Waals surface area contributed by atoms with E-state index in [2.05, 4.69) is 23.8 Å². The maximum absolute atomic E-state index is 11.7. The van der Waals surface area contributed by atoms with Crippen LogP contribution < -0.4 is 0 Å². The molecule has 7 heteroatoms. The van der Waals surface area contributed by atoms with E-state index in [1.54, 1.807) is 0 Å². The van der Waals surface area contributed by atoms with Gasteiger partial charge in [0.05, 0.1) is 19.3 Å². The predicted octanol–water partition coefficient (Wildman–Crippen LogP) is 2.18. The molecule has 3 rings (SSSR count). The number of ether oxygens (including phenoxy) is 2. The Kier molecular flexibility index (Phi) is 6.09. The van der Waals surface area contributed by atoms with Crippen molar-refractivity contribution in [1.29, 1.82) is 0 Å². The molecular weight excluding hydrogens is 322 g/mol. The largest absolute Gasteiger partial charge is 0.476 e. The fourth-order valence-corrected chi connectivity index (χ4v) is 3.74. The fourth-order valence-electron chi connectivity index (χ4n) is 3.74. The second-order valence-corrected chi connectivity index (χ2v) is 7.46. The number of carboxylic acids is 1. The SMILES string of the molecule is CC(C)CC1COCCN1Cc1cn(C2CCOCC2)nc1C(=O)O. The average Bonchev–Trinajstić information content (AvgIpc) is 3.01. The van der Waals surface area contributed by atoms with Gasteiger partial charge in [0.2, 0.25) is 0 Å². The van der Waals surface area contributed by atoms with E-state index < -0.39 is 5.97 Å². The third-order valence-electron chi connectivity index (χ3n) is 5.04. The molecule has 140 valence electrons. The van der Waals surface area contributed by atoms with Crippen LogP contribution in [0.25, 0.3) is 0 Å². The molecule has 2 aliphatic rings. The van der Waals surface area contributed by atoms with E-state index in [9.17, 15) is 9.90 Å². The van der Waals surface area contributed by atoms with Crippen molar-refractivity contribution in [2.45, 2.75) is 51.7 Å². The van der Waals surface area contributed by atoms with Crippen molar-refractivity contribution in [3.8, 4) is 0 Å². The molecule has 0 amide bonds. The molecule has 0 aliphatic carbocycles.